The van der Waals surface area contributed by atoms with Gasteiger partial charge in [0.1, 0.15) is 6.54 Å². The lowest BCUT2D eigenvalue weighted by molar-refractivity contribution is -0.137. The number of carbonyl (C=O) groups excluding carboxylic acids is 1. The molecule has 0 saturated heterocycles. The van der Waals surface area contributed by atoms with Gasteiger partial charge in [-0.3, -0.25) is 14.2 Å². The second-order valence-corrected chi connectivity index (χ2v) is 5.44. The lowest BCUT2D eigenvalue weighted by atomic mass is 10.1. The minimum atomic E-state index is -0.775. The van der Waals surface area contributed by atoms with Crippen LogP contribution in [-0.2, 0) is 16.1 Å². The van der Waals surface area contributed by atoms with Crippen molar-refractivity contribution in [3.8, 4) is 0 Å². The number of unbranched alkanes of at least 4 members (excludes halogenated alkanes) is 3. The topological polar surface area (TPSA) is 104 Å². The van der Waals surface area contributed by atoms with E-state index in [9.17, 15) is 14.4 Å². The maximum Gasteiger partial charge on any atom is 0.326 e. The van der Waals surface area contributed by atoms with Crippen molar-refractivity contribution >= 4 is 22.9 Å². The van der Waals surface area contributed by atoms with Gasteiger partial charge in [0, 0.05) is 13.0 Å². The Labute approximate surface area is 133 Å². The van der Waals surface area contributed by atoms with Gasteiger partial charge in [-0.1, -0.05) is 25.0 Å². The summed E-state index contributed by atoms with van der Waals surface area (Å²) in [5.74, 6) is -0.982. The number of carbonyl (C=O) groups is 2. The van der Waals surface area contributed by atoms with Crippen LogP contribution in [-0.4, -0.2) is 33.1 Å². The lowest BCUT2D eigenvalue weighted by Gasteiger charge is -2.06. The first-order valence-electron chi connectivity index (χ1n) is 7.74. The van der Waals surface area contributed by atoms with Crippen molar-refractivity contribution in [2.45, 2.75) is 38.6 Å². The smallest absolute Gasteiger partial charge is 0.326 e. The third kappa shape index (κ3) is 4.98. The number of amides is 1. The minimum absolute atomic E-state index is 0.0120. The Bertz CT molecular complexity index is 732. The molecule has 1 amide bonds. The highest BCUT2D eigenvalue weighted by atomic mass is 16.4. The predicted molar refractivity (Wildman–Crippen MR) is 86.3 cm³/mol. The number of aromatic amines is 1. The van der Waals surface area contributed by atoms with E-state index in [1.807, 2.05) is 12.1 Å². The summed E-state index contributed by atoms with van der Waals surface area (Å²) in [5, 5.41) is 11.3. The number of fused-ring (bicyclic) bond motifs is 1. The maximum atomic E-state index is 11.9. The van der Waals surface area contributed by atoms with Gasteiger partial charge in [-0.25, -0.2) is 4.79 Å². The van der Waals surface area contributed by atoms with Crippen molar-refractivity contribution in [1.29, 1.82) is 0 Å². The third-order valence-corrected chi connectivity index (χ3v) is 3.62. The van der Waals surface area contributed by atoms with Crippen molar-refractivity contribution in [2.75, 3.05) is 6.54 Å². The van der Waals surface area contributed by atoms with Crippen LogP contribution < -0.4 is 11.0 Å². The first-order chi connectivity index (χ1) is 11.1. The van der Waals surface area contributed by atoms with E-state index < -0.39 is 5.97 Å². The molecule has 0 bridgehead atoms. The molecule has 1 aromatic carbocycles. The summed E-state index contributed by atoms with van der Waals surface area (Å²) >= 11 is 0. The van der Waals surface area contributed by atoms with Gasteiger partial charge in [-0.2, -0.15) is 0 Å². The number of nitrogens with one attached hydrogen (secondary N) is 2. The van der Waals surface area contributed by atoms with Crippen molar-refractivity contribution in [1.82, 2.24) is 14.9 Å². The third-order valence-electron chi connectivity index (χ3n) is 3.62. The van der Waals surface area contributed by atoms with E-state index in [4.69, 9.17) is 5.11 Å². The molecule has 0 aliphatic rings. The van der Waals surface area contributed by atoms with Crippen molar-refractivity contribution < 1.29 is 14.7 Å². The first kappa shape index (κ1) is 16.8. The Morgan fingerprint density at radius 2 is 1.87 bits per heavy atom. The van der Waals surface area contributed by atoms with Gasteiger partial charge in [0.2, 0.25) is 5.91 Å². The number of benzene rings is 1. The fourth-order valence-electron chi connectivity index (χ4n) is 2.45. The Hall–Kier alpha value is -2.57. The summed E-state index contributed by atoms with van der Waals surface area (Å²) in [6.45, 7) is 0.519. The second-order valence-electron chi connectivity index (χ2n) is 5.44. The zero-order valence-electron chi connectivity index (χ0n) is 12.9. The van der Waals surface area contributed by atoms with Gasteiger partial charge in [0.05, 0.1) is 11.0 Å². The monoisotopic (exact) mass is 319 g/mol. The van der Waals surface area contributed by atoms with Gasteiger partial charge >= 0.3 is 11.7 Å². The molecular formula is C16H21N3O4. The highest BCUT2D eigenvalue weighted by Crippen LogP contribution is 2.08. The zero-order chi connectivity index (χ0) is 16.7. The fraction of sp³-hybridized carbons (Fsp3) is 0.438. The number of carboxylic acids is 1. The molecule has 7 nitrogen and oxygen atoms in total. The fourth-order valence-corrected chi connectivity index (χ4v) is 2.45. The molecule has 0 aliphatic heterocycles. The number of aliphatic carboxylic acids is 1. The van der Waals surface area contributed by atoms with E-state index in [1.165, 1.54) is 4.57 Å². The molecule has 3 N–H and O–H groups in total. The summed E-state index contributed by atoms with van der Waals surface area (Å²) in [6, 6.07) is 7.24. The summed E-state index contributed by atoms with van der Waals surface area (Å²) in [4.78, 5) is 36.9. The summed E-state index contributed by atoms with van der Waals surface area (Å²) < 4.78 is 1.41. The van der Waals surface area contributed by atoms with E-state index in [2.05, 4.69) is 10.3 Å². The molecule has 1 aromatic heterocycles. The van der Waals surface area contributed by atoms with Crippen LogP contribution in [0.5, 0.6) is 0 Å². The van der Waals surface area contributed by atoms with Crippen LogP contribution in [0.2, 0.25) is 0 Å². The number of carboxylic acid groups (broad SMARTS) is 1. The van der Waals surface area contributed by atoms with Gasteiger partial charge in [-0.05, 0) is 25.0 Å². The normalized spacial score (nSPS) is 10.8. The van der Waals surface area contributed by atoms with Gasteiger partial charge < -0.3 is 15.4 Å². The predicted octanol–water partition coefficient (Wildman–Crippen LogP) is 1.48. The molecule has 1 heterocycles. The first-order valence-corrected chi connectivity index (χ1v) is 7.74. The minimum Gasteiger partial charge on any atom is -0.481 e. The average molecular weight is 319 g/mol. The van der Waals surface area contributed by atoms with Crippen molar-refractivity contribution in [3.05, 3.63) is 34.7 Å². The largest absolute Gasteiger partial charge is 0.481 e. The number of H-pyrrole nitrogens is 1. The van der Waals surface area contributed by atoms with Gasteiger partial charge in [0.15, 0.2) is 0 Å². The Morgan fingerprint density at radius 1 is 1.13 bits per heavy atom. The SMILES string of the molecule is O=C(O)CCCCCCNC(=O)Cn1c(=O)[nH]c2ccccc21. The van der Waals surface area contributed by atoms with Crippen LogP contribution in [0.25, 0.3) is 11.0 Å². The van der Waals surface area contributed by atoms with Gasteiger partial charge in [-0.15, -0.1) is 0 Å². The van der Waals surface area contributed by atoms with E-state index >= 15 is 0 Å². The molecule has 7 heteroatoms. The van der Waals surface area contributed by atoms with Crippen LogP contribution in [0.4, 0.5) is 0 Å². The second kappa shape index (κ2) is 8.17. The standard InChI is InChI=1S/C16H21N3O4/c20-14(17-10-6-2-1-3-9-15(21)22)11-19-13-8-5-4-7-12(13)18-16(19)23/h4-5,7-8H,1-3,6,9-11H2,(H,17,20)(H,18,23)(H,21,22). The van der Waals surface area contributed by atoms with Crippen molar-refractivity contribution in [3.63, 3.8) is 0 Å². The maximum absolute atomic E-state index is 11.9. The number of imidazole rings is 1. The number of para-hydroxylation sites is 2. The quantitative estimate of drug-likeness (QED) is 0.609. The molecule has 0 spiro atoms. The Kier molecular flexibility index (Phi) is 5.96. The lowest BCUT2D eigenvalue weighted by Crippen LogP contribution is -2.31. The molecular weight excluding hydrogens is 298 g/mol. The molecule has 0 saturated carbocycles. The average Bonchev–Trinajstić information content (AvgIpc) is 2.82. The molecule has 23 heavy (non-hydrogen) atoms. The van der Waals surface area contributed by atoms with Crippen molar-refractivity contribution in [2.24, 2.45) is 0 Å². The number of aromatic nitrogens is 2. The number of rotatable bonds is 9. The van der Waals surface area contributed by atoms with Crippen LogP contribution >= 0.6 is 0 Å². The Balaban J connectivity index is 1.73. The van der Waals surface area contributed by atoms with Crippen LogP contribution in [0.3, 0.4) is 0 Å². The van der Waals surface area contributed by atoms with Crippen LogP contribution in [0.1, 0.15) is 32.1 Å². The van der Waals surface area contributed by atoms with Gasteiger partial charge in [0.25, 0.3) is 0 Å². The highest BCUT2D eigenvalue weighted by Gasteiger charge is 2.09. The van der Waals surface area contributed by atoms with Crippen LogP contribution in [0.15, 0.2) is 29.1 Å². The molecule has 2 aromatic rings. The van der Waals surface area contributed by atoms with E-state index in [0.717, 1.165) is 19.3 Å². The molecule has 0 fully saturated rings. The van der Waals surface area contributed by atoms with Crippen LogP contribution in [0, 0.1) is 0 Å². The number of hydrogen-bond donors (Lipinski definition) is 3. The summed E-state index contributed by atoms with van der Waals surface area (Å²) in [7, 11) is 0. The number of hydrogen-bond acceptors (Lipinski definition) is 3. The molecule has 2 rings (SSSR count). The molecule has 0 unspecified atom stereocenters. The molecule has 0 aliphatic carbocycles. The summed E-state index contributed by atoms with van der Waals surface area (Å²) in [6.07, 6.45) is 3.36. The Morgan fingerprint density at radius 3 is 2.65 bits per heavy atom. The van der Waals surface area contributed by atoms with E-state index in [0.29, 0.717) is 24.0 Å². The van der Waals surface area contributed by atoms with E-state index in [1.54, 1.807) is 12.1 Å². The highest BCUT2D eigenvalue weighted by molar-refractivity contribution is 5.80. The van der Waals surface area contributed by atoms with E-state index in [-0.39, 0.29) is 24.6 Å². The zero-order valence-corrected chi connectivity index (χ0v) is 12.9. The molecule has 124 valence electrons. The molecule has 0 radical (unpaired) electrons. The molecule has 0 atom stereocenters. The summed E-state index contributed by atoms with van der Waals surface area (Å²) in [5.41, 5.74) is 1.13. The number of nitrogens with zero attached hydrogens (tertiary/aromatic N) is 1.